The Balaban J connectivity index is 1.54. The predicted molar refractivity (Wildman–Crippen MR) is 167 cm³/mol. The Bertz CT molecular complexity index is 1430. The molecule has 9 heteroatoms. The largest absolute Gasteiger partial charge is 0.481 e. The lowest BCUT2D eigenvalue weighted by molar-refractivity contribution is -0.137. The number of oxime groups is 1. The van der Waals surface area contributed by atoms with Gasteiger partial charge in [-0.1, -0.05) is 47.6 Å². The molecule has 1 aliphatic rings. The van der Waals surface area contributed by atoms with E-state index < -0.39 is 11.7 Å². The van der Waals surface area contributed by atoms with Crippen LogP contribution in [-0.4, -0.2) is 69.7 Å². The number of likely N-dealkylation sites (tertiary alicyclic amines) is 1. The molecule has 222 valence electrons. The van der Waals surface area contributed by atoms with Gasteiger partial charge < -0.3 is 15.1 Å². The summed E-state index contributed by atoms with van der Waals surface area (Å²) in [7, 11) is 1.56. The highest BCUT2D eigenvalue weighted by atomic mass is 16.6. The summed E-state index contributed by atoms with van der Waals surface area (Å²) in [6, 6.07) is 15.7. The molecule has 0 saturated carbocycles. The Kier molecular flexibility index (Phi) is 10.9. The lowest BCUT2D eigenvalue weighted by Crippen LogP contribution is -2.49. The minimum atomic E-state index is -1.19. The van der Waals surface area contributed by atoms with E-state index in [0.29, 0.717) is 44.4 Å². The number of nitrogens with zero attached hydrogens (tertiary/aromatic N) is 5. The summed E-state index contributed by atoms with van der Waals surface area (Å²) in [6.07, 6.45) is 9.31. The smallest absolute Gasteiger partial charge is 0.303 e. The third-order valence-corrected chi connectivity index (χ3v) is 7.81. The molecule has 2 N–H and O–H groups in total. The molecule has 1 aliphatic heterocycles. The quantitative estimate of drug-likeness (QED) is 0.155. The first kappa shape index (κ1) is 31.0. The van der Waals surface area contributed by atoms with Gasteiger partial charge in [-0.25, -0.2) is 9.97 Å². The van der Waals surface area contributed by atoms with Gasteiger partial charge in [0.25, 0.3) is 0 Å². The number of hydrogen-bond donors (Lipinski definition) is 2. The Labute approximate surface area is 247 Å². The number of hydrogen-bond acceptors (Lipinski definition) is 8. The van der Waals surface area contributed by atoms with Crippen LogP contribution in [0.2, 0.25) is 0 Å². The van der Waals surface area contributed by atoms with Crippen LogP contribution in [-0.2, 0) is 21.8 Å². The highest BCUT2D eigenvalue weighted by Gasteiger charge is 2.35. The summed E-state index contributed by atoms with van der Waals surface area (Å²) in [5.41, 5.74) is 4.57. The Morgan fingerprint density at radius 3 is 2.57 bits per heavy atom. The second-order valence-corrected chi connectivity index (χ2v) is 10.8. The number of benzene rings is 2. The van der Waals surface area contributed by atoms with Crippen molar-refractivity contribution in [3.8, 4) is 11.3 Å². The number of carboxylic acids is 1. The first-order chi connectivity index (χ1) is 20.3. The zero-order valence-corrected chi connectivity index (χ0v) is 24.7. The maximum Gasteiger partial charge on any atom is 0.303 e. The molecule has 0 spiro atoms. The Hall–Kier alpha value is -3.95. The van der Waals surface area contributed by atoms with Gasteiger partial charge in [0, 0.05) is 42.8 Å². The zero-order chi connectivity index (χ0) is 30.0. The van der Waals surface area contributed by atoms with Gasteiger partial charge in [0.1, 0.15) is 12.8 Å². The minimum Gasteiger partial charge on any atom is -0.481 e. The van der Waals surface area contributed by atoms with Crippen LogP contribution < -0.4 is 0 Å². The molecule has 0 amide bonds. The van der Waals surface area contributed by atoms with Crippen LogP contribution in [0.1, 0.15) is 57.2 Å². The number of unbranched alkanes of at least 4 members (excludes halogenated alkanes) is 1. The Morgan fingerprint density at radius 2 is 1.88 bits per heavy atom. The van der Waals surface area contributed by atoms with Crippen molar-refractivity contribution >= 4 is 28.9 Å². The van der Waals surface area contributed by atoms with E-state index in [2.05, 4.69) is 15.0 Å². The van der Waals surface area contributed by atoms with E-state index in [4.69, 9.17) is 19.9 Å². The average molecular weight is 572 g/mol. The van der Waals surface area contributed by atoms with Gasteiger partial charge >= 0.3 is 5.97 Å². The normalized spacial score (nSPS) is 16.8. The fraction of sp³-hybridized carbons (Fsp3) is 0.424. The van der Waals surface area contributed by atoms with E-state index in [9.17, 15) is 9.90 Å². The van der Waals surface area contributed by atoms with Crippen molar-refractivity contribution in [2.45, 2.75) is 58.1 Å². The molecule has 1 fully saturated rings. The molecule has 1 unspecified atom stereocenters. The van der Waals surface area contributed by atoms with Crippen LogP contribution in [0, 0.1) is 5.92 Å². The van der Waals surface area contributed by atoms with Crippen molar-refractivity contribution in [3.05, 3.63) is 71.9 Å². The van der Waals surface area contributed by atoms with Crippen LogP contribution in [0.4, 0.5) is 0 Å². The maximum absolute atomic E-state index is 11.8. The van der Waals surface area contributed by atoms with E-state index >= 15 is 0 Å². The molecule has 0 radical (unpaired) electrons. The lowest BCUT2D eigenvalue weighted by Gasteiger charge is -2.42. The number of fused-ring (bicyclic) bond motifs is 1. The Morgan fingerprint density at radius 1 is 1.12 bits per heavy atom. The van der Waals surface area contributed by atoms with Gasteiger partial charge in [-0.2, -0.15) is 0 Å². The molecule has 9 nitrogen and oxygen atoms in total. The molecule has 2 heterocycles. The molecule has 3 aromatic rings. The molecule has 1 saturated heterocycles. The molecule has 42 heavy (non-hydrogen) atoms. The van der Waals surface area contributed by atoms with Gasteiger partial charge in [0.05, 0.1) is 34.7 Å². The highest BCUT2D eigenvalue weighted by Crippen LogP contribution is 2.33. The number of aliphatic hydroxyl groups is 1. The SMILES string of the molecule is C/C=C\C=N/C/C(=N/OC)C1CCN(C(C)(O)c2ccc3nc(-c4ccccc4)c(CCCCC(=O)O)nc3c2)CC1. The summed E-state index contributed by atoms with van der Waals surface area (Å²) < 4.78 is 0. The number of rotatable bonds is 13. The van der Waals surface area contributed by atoms with Crippen LogP contribution in [0.25, 0.3) is 22.3 Å². The molecule has 1 atom stereocenters. The number of aromatic nitrogens is 2. The zero-order valence-electron chi connectivity index (χ0n) is 24.7. The third kappa shape index (κ3) is 7.86. The van der Waals surface area contributed by atoms with Gasteiger partial charge in [-0.05, 0) is 64.2 Å². The standard InChI is InChI=1S/C33H41N5O4/c1-4-5-19-34-23-30(37-42-3)24-17-20-38(21-18-24)33(2,41)26-15-16-27-29(22-26)35-28(13-9-10-14-31(39)40)32(36-27)25-11-7-6-8-12-25/h4-8,11-12,15-16,19,22,24,41H,9-10,13-14,17-18,20-21,23H2,1-3H3,(H,39,40)/b5-4-,34-19-,37-30-. The highest BCUT2D eigenvalue weighted by molar-refractivity contribution is 5.90. The molecular weight excluding hydrogens is 530 g/mol. The van der Waals surface area contributed by atoms with Gasteiger partial charge in [0.15, 0.2) is 0 Å². The topological polar surface area (TPSA) is 120 Å². The lowest BCUT2D eigenvalue weighted by atomic mass is 9.89. The van der Waals surface area contributed by atoms with E-state index in [-0.39, 0.29) is 12.3 Å². The van der Waals surface area contributed by atoms with Crippen molar-refractivity contribution in [3.63, 3.8) is 0 Å². The summed E-state index contributed by atoms with van der Waals surface area (Å²) in [5, 5.41) is 25.1. The number of aliphatic carboxylic acids is 1. The summed E-state index contributed by atoms with van der Waals surface area (Å²) in [6.45, 7) is 5.67. The van der Waals surface area contributed by atoms with Gasteiger partial charge in [-0.15, -0.1) is 0 Å². The second kappa shape index (κ2) is 14.8. The molecule has 4 rings (SSSR count). The number of carbonyl (C=O) groups is 1. The summed E-state index contributed by atoms with van der Waals surface area (Å²) in [5.74, 6) is -0.554. The van der Waals surface area contributed by atoms with E-state index in [1.165, 1.54) is 0 Å². The van der Waals surface area contributed by atoms with Crippen LogP contribution in [0.3, 0.4) is 0 Å². The number of allylic oxidation sites excluding steroid dienone is 2. The number of piperidine rings is 1. The van der Waals surface area contributed by atoms with Gasteiger partial charge in [-0.3, -0.25) is 14.7 Å². The van der Waals surface area contributed by atoms with Crippen molar-refractivity contribution in [2.24, 2.45) is 16.1 Å². The minimum absolute atomic E-state index is 0.133. The molecule has 2 aromatic carbocycles. The predicted octanol–water partition coefficient (Wildman–Crippen LogP) is 5.62. The maximum atomic E-state index is 11.8. The monoisotopic (exact) mass is 571 g/mol. The van der Waals surface area contributed by atoms with Crippen molar-refractivity contribution in [1.29, 1.82) is 0 Å². The van der Waals surface area contributed by atoms with Crippen molar-refractivity contribution in [2.75, 3.05) is 26.7 Å². The molecule has 1 aromatic heterocycles. The third-order valence-electron chi connectivity index (χ3n) is 7.81. The van der Waals surface area contributed by atoms with Crippen LogP contribution in [0.15, 0.2) is 70.8 Å². The van der Waals surface area contributed by atoms with Crippen LogP contribution in [0.5, 0.6) is 0 Å². The first-order valence-corrected chi connectivity index (χ1v) is 14.6. The number of aryl methyl sites for hydroxylation is 1. The van der Waals surface area contributed by atoms with Crippen molar-refractivity contribution in [1.82, 2.24) is 14.9 Å². The number of aliphatic imine (C=N–C) groups is 1. The van der Waals surface area contributed by atoms with Gasteiger partial charge in [0.2, 0.25) is 0 Å². The first-order valence-electron chi connectivity index (χ1n) is 14.6. The second-order valence-electron chi connectivity index (χ2n) is 10.8. The molecule has 0 aliphatic carbocycles. The summed E-state index contributed by atoms with van der Waals surface area (Å²) >= 11 is 0. The average Bonchev–Trinajstić information content (AvgIpc) is 3.00. The fourth-order valence-electron chi connectivity index (χ4n) is 5.43. The summed E-state index contributed by atoms with van der Waals surface area (Å²) in [4.78, 5) is 32.6. The molecule has 0 bridgehead atoms. The van der Waals surface area contributed by atoms with Crippen LogP contribution >= 0.6 is 0 Å². The van der Waals surface area contributed by atoms with E-state index in [1.54, 1.807) is 13.3 Å². The van der Waals surface area contributed by atoms with Crippen molar-refractivity contribution < 1.29 is 19.8 Å². The van der Waals surface area contributed by atoms with E-state index in [0.717, 1.165) is 46.6 Å². The molecular formula is C33H41N5O4. The van der Waals surface area contributed by atoms with E-state index in [1.807, 2.05) is 74.5 Å². The number of carboxylic acid groups (broad SMARTS) is 1. The fourth-order valence-corrected chi connectivity index (χ4v) is 5.43.